The number of fused-ring (bicyclic) bond motifs is 1. The first-order chi connectivity index (χ1) is 16.1. The Balaban J connectivity index is 1.20. The fourth-order valence-corrected chi connectivity index (χ4v) is 5.12. The second-order valence-corrected chi connectivity index (χ2v) is 9.29. The molecule has 33 heavy (non-hydrogen) atoms. The fraction of sp³-hybridized carbons (Fsp3) is 0.370. The maximum Gasteiger partial charge on any atom is 0.223 e. The number of hydrogen-bond acceptors (Lipinski definition) is 3. The number of aromatic amines is 1. The molecule has 3 aromatic heterocycles. The van der Waals surface area contributed by atoms with Gasteiger partial charge < -0.3 is 9.47 Å². The van der Waals surface area contributed by atoms with Crippen LogP contribution in [0, 0.1) is 12.8 Å². The zero-order valence-corrected chi connectivity index (χ0v) is 19.4. The Morgan fingerprint density at radius 2 is 2.00 bits per heavy atom. The molecule has 170 valence electrons. The number of aryl methyl sites for hydroxylation is 2. The van der Waals surface area contributed by atoms with E-state index in [9.17, 15) is 4.79 Å². The van der Waals surface area contributed by atoms with Gasteiger partial charge in [0.1, 0.15) is 0 Å². The average molecular weight is 442 g/mol. The molecule has 6 heteroatoms. The Labute approximate surface area is 194 Å². The average Bonchev–Trinajstić information content (AvgIpc) is 3.44. The molecular formula is C27H31N5O. The Hall–Kier alpha value is -3.41. The van der Waals surface area contributed by atoms with Crippen molar-refractivity contribution < 1.29 is 4.79 Å². The van der Waals surface area contributed by atoms with Gasteiger partial charge in [-0.1, -0.05) is 30.3 Å². The molecule has 2 unspecified atom stereocenters. The number of H-pyrrole nitrogens is 1. The van der Waals surface area contributed by atoms with Crippen molar-refractivity contribution in [3.05, 3.63) is 72.2 Å². The summed E-state index contributed by atoms with van der Waals surface area (Å²) in [6.45, 7) is 6.02. The van der Waals surface area contributed by atoms with Gasteiger partial charge in [0, 0.05) is 43.0 Å². The molecule has 1 aromatic carbocycles. The standard InChI is InChI=1S/C27H31N5O/c1-19-16-22(12-15-32(19)27(33)11-8-21-6-4-3-5-7-21)18-31-14-13-25-26(31)10-9-24(29-25)23-17-28-30-20(23)2/h3-7,9-10,13-14,17,19,22H,8,11-12,15-16,18H2,1-2H3,(H,28,30). The van der Waals surface area contributed by atoms with Gasteiger partial charge in [-0.15, -0.1) is 0 Å². The van der Waals surface area contributed by atoms with Gasteiger partial charge in [-0.3, -0.25) is 9.89 Å². The van der Waals surface area contributed by atoms with E-state index in [1.807, 2.05) is 31.3 Å². The second-order valence-electron chi connectivity index (χ2n) is 9.29. The maximum atomic E-state index is 12.8. The van der Waals surface area contributed by atoms with Crippen LogP contribution in [-0.4, -0.2) is 43.1 Å². The molecule has 2 atom stereocenters. The Morgan fingerprint density at radius 3 is 2.76 bits per heavy atom. The van der Waals surface area contributed by atoms with Crippen LogP contribution in [0.25, 0.3) is 22.3 Å². The lowest BCUT2D eigenvalue weighted by atomic mass is 9.91. The predicted molar refractivity (Wildman–Crippen MR) is 131 cm³/mol. The summed E-state index contributed by atoms with van der Waals surface area (Å²) in [6.07, 6.45) is 7.46. The molecule has 0 radical (unpaired) electrons. The van der Waals surface area contributed by atoms with Crippen LogP contribution in [0.5, 0.6) is 0 Å². The number of hydrogen-bond donors (Lipinski definition) is 1. The van der Waals surface area contributed by atoms with Crippen molar-refractivity contribution in [1.29, 1.82) is 0 Å². The lowest BCUT2D eigenvalue weighted by molar-refractivity contribution is -0.135. The van der Waals surface area contributed by atoms with E-state index < -0.39 is 0 Å². The number of nitrogens with one attached hydrogen (secondary N) is 1. The molecule has 4 heterocycles. The number of aromatic nitrogens is 4. The molecule has 1 N–H and O–H groups in total. The molecule has 0 aliphatic carbocycles. The number of rotatable bonds is 6. The van der Waals surface area contributed by atoms with Crippen LogP contribution in [0.3, 0.4) is 0 Å². The number of benzene rings is 1. The minimum absolute atomic E-state index is 0.280. The van der Waals surface area contributed by atoms with E-state index in [0.29, 0.717) is 12.3 Å². The molecule has 1 saturated heterocycles. The number of carbonyl (C=O) groups is 1. The van der Waals surface area contributed by atoms with Crippen molar-refractivity contribution in [1.82, 2.24) is 24.6 Å². The molecule has 1 fully saturated rings. The van der Waals surface area contributed by atoms with E-state index in [2.05, 4.69) is 63.1 Å². The molecule has 1 aliphatic rings. The van der Waals surface area contributed by atoms with Crippen LogP contribution >= 0.6 is 0 Å². The van der Waals surface area contributed by atoms with E-state index in [1.54, 1.807) is 0 Å². The lowest BCUT2D eigenvalue weighted by Gasteiger charge is -2.38. The molecule has 5 rings (SSSR count). The van der Waals surface area contributed by atoms with Crippen LogP contribution in [0.2, 0.25) is 0 Å². The van der Waals surface area contributed by atoms with Gasteiger partial charge in [-0.05, 0) is 62.8 Å². The minimum atomic E-state index is 0.280. The van der Waals surface area contributed by atoms with Crippen molar-refractivity contribution in [3.63, 3.8) is 0 Å². The van der Waals surface area contributed by atoms with E-state index in [1.165, 1.54) is 5.56 Å². The van der Waals surface area contributed by atoms with Crippen molar-refractivity contribution in [2.24, 2.45) is 5.92 Å². The third-order valence-electron chi connectivity index (χ3n) is 6.96. The Kier molecular flexibility index (Phi) is 5.99. The number of likely N-dealkylation sites (tertiary alicyclic amines) is 1. The fourth-order valence-electron chi connectivity index (χ4n) is 5.12. The molecule has 1 aliphatic heterocycles. The topological polar surface area (TPSA) is 66.8 Å². The van der Waals surface area contributed by atoms with Gasteiger partial charge in [0.25, 0.3) is 0 Å². The third-order valence-corrected chi connectivity index (χ3v) is 6.96. The highest BCUT2D eigenvalue weighted by Gasteiger charge is 2.28. The molecular weight excluding hydrogens is 410 g/mol. The van der Waals surface area contributed by atoms with Crippen molar-refractivity contribution in [2.75, 3.05) is 6.54 Å². The highest BCUT2D eigenvalue weighted by molar-refractivity contribution is 5.79. The zero-order chi connectivity index (χ0) is 22.8. The largest absolute Gasteiger partial charge is 0.346 e. The summed E-state index contributed by atoms with van der Waals surface area (Å²) in [5.41, 5.74) is 6.42. The van der Waals surface area contributed by atoms with E-state index in [4.69, 9.17) is 4.98 Å². The molecule has 0 saturated carbocycles. The summed E-state index contributed by atoms with van der Waals surface area (Å²) in [6, 6.07) is 16.9. The van der Waals surface area contributed by atoms with Crippen molar-refractivity contribution in [2.45, 2.75) is 52.1 Å². The van der Waals surface area contributed by atoms with Gasteiger partial charge in [0.2, 0.25) is 5.91 Å². The first-order valence-corrected chi connectivity index (χ1v) is 11.9. The third kappa shape index (κ3) is 4.56. The summed E-state index contributed by atoms with van der Waals surface area (Å²) >= 11 is 0. The van der Waals surface area contributed by atoms with Gasteiger partial charge >= 0.3 is 0 Å². The van der Waals surface area contributed by atoms with Gasteiger partial charge in [0.15, 0.2) is 0 Å². The van der Waals surface area contributed by atoms with Gasteiger partial charge in [0.05, 0.1) is 22.9 Å². The first-order valence-electron chi connectivity index (χ1n) is 11.9. The monoisotopic (exact) mass is 441 g/mol. The number of piperidine rings is 1. The Bertz CT molecular complexity index is 1240. The quantitative estimate of drug-likeness (QED) is 0.458. The number of carbonyl (C=O) groups excluding carboxylic acids is 1. The number of pyridine rings is 1. The van der Waals surface area contributed by atoms with Crippen molar-refractivity contribution >= 4 is 16.9 Å². The lowest BCUT2D eigenvalue weighted by Crippen LogP contribution is -2.45. The number of nitrogens with zero attached hydrogens (tertiary/aromatic N) is 4. The smallest absolute Gasteiger partial charge is 0.223 e. The summed E-state index contributed by atoms with van der Waals surface area (Å²) in [4.78, 5) is 19.8. The molecule has 0 spiro atoms. The second kappa shape index (κ2) is 9.22. The highest BCUT2D eigenvalue weighted by atomic mass is 16.2. The van der Waals surface area contributed by atoms with Crippen molar-refractivity contribution in [3.8, 4) is 11.3 Å². The van der Waals surface area contributed by atoms with E-state index in [0.717, 1.165) is 60.3 Å². The van der Waals surface area contributed by atoms with Crippen LogP contribution in [-0.2, 0) is 17.8 Å². The van der Waals surface area contributed by atoms with Gasteiger partial charge in [-0.25, -0.2) is 4.98 Å². The van der Waals surface area contributed by atoms with Crippen LogP contribution in [0.4, 0.5) is 0 Å². The zero-order valence-electron chi connectivity index (χ0n) is 19.4. The maximum absolute atomic E-state index is 12.8. The Morgan fingerprint density at radius 1 is 1.15 bits per heavy atom. The molecule has 0 bridgehead atoms. The normalized spacial score (nSPS) is 18.7. The van der Waals surface area contributed by atoms with E-state index in [-0.39, 0.29) is 11.9 Å². The highest BCUT2D eigenvalue weighted by Crippen LogP contribution is 2.28. The molecule has 1 amide bonds. The summed E-state index contributed by atoms with van der Waals surface area (Å²) in [7, 11) is 0. The predicted octanol–water partition coefficient (Wildman–Crippen LogP) is 4.99. The first kappa shape index (κ1) is 21.4. The minimum Gasteiger partial charge on any atom is -0.346 e. The summed E-state index contributed by atoms with van der Waals surface area (Å²) in [5, 5.41) is 7.10. The molecule has 6 nitrogen and oxygen atoms in total. The molecule has 4 aromatic rings. The SMILES string of the molecule is Cc1[nH]ncc1-c1ccc2c(ccn2CC2CCN(C(=O)CCc3ccccc3)C(C)C2)n1. The van der Waals surface area contributed by atoms with E-state index >= 15 is 0 Å². The van der Waals surface area contributed by atoms with Crippen LogP contribution < -0.4 is 0 Å². The number of amides is 1. The van der Waals surface area contributed by atoms with Crippen LogP contribution in [0.1, 0.15) is 37.4 Å². The van der Waals surface area contributed by atoms with Crippen LogP contribution in [0.15, 0.2) is 60.9 Å². The summed E-state index contributed by atoms with van der Waals surface area (Å²) < 4.78 is 2.32. The summed E-state index contributed by atoms with van der Waals surface area (Å²) in [5.74, 6) is 0.840. The van der Waals surface area contributed by atoms with Gasteiger partial charge in [-0.2, -0.15) is 5.10 Å².